The lowest BCUT2D eigenvalue weighted by Gasteiger charge is -2.31. The Morgan fingerprint density at radius 3 is 1.23 bits per heavy atom. The summed E-state index contributed by atoms with van der Waals surface area (Å²) in [6.45, 7) is 8.57. The molecule has 0 aliphatic rings. The smallest absolute Gasteiger partial charge is 0.330 e. The first kappa shape index (κ1) is 52.9. The molecule has 12 heteroatoms. The molecule has 0 N–H and O–H groups in total. The fraction of sp³-hybridized carbons (Fsp3) is 0.111. The maximum Gasteiger partial charge on any atom is 0.330 e. The van der Waals surface area contributed by atoms with E-state index in [1.54, 1.807) is 13.0 Å². The molecule has 0 aromatic heterocycles. The van der Waals surface area contributed by atoms with Crippen molar-refractivity contribution in [1.29, 1.82) is 0 Å². The molecule has 0 heterocycles. The van der Waals surface area contributed by atoms with Crippen LogP contribution in [0.5, 0.6) is 0 Å². The van der Waals surface area contributed by atoms with Gasteiger partial charge in [0.2, 0.25) is 0 Å². The van der Waals surface area contributed by atoms with Crippen LogP contribution in [0.3, 0.4) is 0 Å². The summed E-state index contributed by atoms with van der Waals surface area (Å²) in [4.78, 5) is 50.9. The number of esters is 4. The summed E-state index contributed by atoms with van der Waals surface area (Å²) in [6.07, 6.45) is 7.36. The third-order valence-electron chi connectivity index (χ3n) is 12.9. The molecule has 376 valence electrons. The monoisotopic (exact) mass is 1030 g/mol. The van der Waals surface area contributed by atoms with E-state index in [-0.39, 0.29) is 0 Å². The number of benzene rings is 8. The molecule has 8 rings (SSSR count). The van der Waals surface area contributed by atoms with Crippen LogP contribution < -0.4 is 31.8 Å². The first-order valence-electron chi connectivity index (χ1n) is 24.1. The van der Waals surface area contributed by atoms with Gasteiger partial charge in [-0.25, -0.2) is 19.2 Å². The number of carbonyl (C=O) groups excluding carboxylic acids is 4. The molecule has 0 saturated heterocycles. The van der Waals surface area contributed by atoms with Crippen molar-refractivity contribution in [3.63, 3.8) is 0 Å². The number of rotatable bonds is 20. The van der Waals surface area contributed by atoms with Crippen molar-refractivity contribution in [1.82, 2.24) is 0 Å². The molecular formula is C63H54O10P2. The van der Waals surface area contributed by atoms with Crippen molar-refractivity contribution < 1.29 is 47.3 Å². The molecule has 0 bridgehead atoms. The lowest BCUT2D eigenvalue weighted by molar-refractivity contribution is -0.164. The van der Waals surface area contributed by atoms with Crippen molar-refractivity contribution in [2.75, 3.05) is 26.4 Å². The number of aryl methyl sites for hydroxylation is 1. The van der Waals surface area contributed by atoms with Gasteiger partial charge in [-0.2, -0.15) is 0 Å². The standard InChI is InChI=1S/C63H54O10P2/c1-5-22-59(66)72-43-63(41-70-57(64)6-2,42-71-58(65)7-3)44-73-60(67)40-35-46-24-21-34-54-52(46)37-39-56(75(69,49-29-16-10-17-30-49)50-31-18-11-19-32-50)62(54)61-53-33-20-23-45(4)51(53)36-38-55(61)74(68,47-25-12-8-13-26-47)48-27-14-9-15-28-48/h5-40H,2-3,41-44H2,1,4H3/b22-5+,40-35+. The van der Waals surface area contributed by atoms with Crippen molar-refractivity contribution >= 4 is 97.6 Å². The molecule has 8 aromatic rings. The van der Waals surface area contributed by atoms with Gasteiger partial charge in [-0.1, -0.05) is 189 Å². The predicted octanol–water partition coefficient (Wildman–Crippen LogP) is 10.4. The molecule has 8 aromatic carbocycles. The normalized spacial score (nSPS) is 11.9. The summed E-state index contributed by atoms with van der Waals surface area (Å²) in [5.41, 5.74) is 1.30. The second kappa shape index (κ2) is 23.6. The van der Waals surface area contributed by atoms with Crippen LogP contribution in [0.25, 0.3) is 38.7 Å². The molecule has 0 spiro atoms. The van der Waals surface area contributed by atoms with Crippen LogP contribution in [0.1, 0.15) is 18.1 Å². The van der Waals surface area contributed by atoms with E-state index in [9.17, 15) is 19.2 Å². The zero-order valence-electron chi connectivity index (χ0n) is 41.5. The van der Waals surface area contributed by atoms with E-state index >= 15 is 9.13 Å². The highest BCUT2D eigenvalue weighted by Crippen LogP contribution is 2.52. The summed E-state index contributed by atoms with van der Waals surface area (Å²) >= 11 is 0. The Morgan fingerprint density at radius 2 is 0.813 bits per heavy atom. The number of ether oxygens (including phenoxy) is 4. The molecule has 75 heavy (non-hydrogen) atoms. The van der Waals surface area contributed by atoms with Gasteiger partial charge < -0.3 is 28.1 Å². The Labute approximate surface area is 436 Å². The van der Waals surface area contributed by atoms with Crippen LogP contribution in [0.2, 0.25) is 0 Å². The van der Waals surface area contributed by atoms with E-state index in [0.29, 0.717) is 59.3 Å². The van der Waals surface area contributed by atoms with Crippen LogP contribution in [0.15, 0.2) is 226 Å². The quantitative estimate of drug-likeness (QED) is 0.0314. The fourth-order valence-electron chi connectivity index (χ4n) is 9.13. The SMILES string of the molecule is C=CC(=O)OCC(COC(=O)C=C)(COC(=O)/C=C/C)COC(=O)/C=C/c1cccc2c(-c3c(P(=O)(c4ccccc4)c4ccccc4)ccc4c(C)cccc34)c(P(=O)(c3ccccc3)c3ccccc3)ccc12. The third-order valence-corrected chi connectivity index (χ3v) is 19.1. The van der Waals surface area contributed by atoms with Gasteiger partial charge in [0, 0.05) is 67.3 Å². The highest BCUT2D eigenvalue weighted by atomic mass is 31.2. The number of fused-ring (bicyclic) bond motifs is 2. The molecule has 10 nitrogen and oxygen atoms in total. The highest BCUT2D eigenvalue weighted by molar-refractivity contribution is 7.86. The summed E-state index contributed by atoms with van der Waals surface area (Å²) < 4.78 is 55.6. The molecule has 0 atom stereocenters. The maximum absolute atomic E-state index is 16.9. The van der Waals surface area contributed by atoms with Crippen molar-refractivity contribution in [3.05, 3.63) is 237 Å². The van der Waals surface area contributed by atoms with Gasteiger partial charge in [-0.15, -0.1) is 0 Å². The highest BCUT2D eigenvalue weighted by Gasteiger charge is 2.40. The summed E-state index contributed by atoms with van der Waals surface area (Å²) in [6, 6.07) is 57.2. The van der Waals surface area contributed by atoms with E-state index in [4.69, 9.17) is 18.9 Å². The first-order valence-corrected chi connectivity index (χ1v) is 27.5. The minimum atomic E-state index is -3.80. The first-order chi connectivity index (χ1) is 36.4. The predicted molar refractivity (Wildman–Crippen MR) is 301 cm³/mol. The van der Waals surface area contributed by atoms with Gasteiger partial charge in [0.15, 0.2) is 14.3 Å². The van der Waals surface area contributed by atoms with Gasteiger partial charge in [-0.05, 0) is 64.7 Å². The Hall–Kier alpha value is -8.42. The van der Waals surface area contributed by atoms with Crippen molar-refractivity contribution in [2.45, 2.75) is 13.8 Å². The lowest BCUT2D eigenvalue weighted by atomic mass is 9.91. The van der Waals surface area contributed by atoms with Crippen LogP contribution in [-0.2, 0) is 47.3 Å². The third kappa shape index (κ3) is 11.2. The number of carbonyl (C=O) groups is 4. The van der Waals surface area contributed by atoms with Crippen molar-refractivity contribution in [3.8, 4) is 11.1 Å². The molecule has 0 amide bonds. The van der Waals surface area contributed by atoms with Crippen molar-refractivity contribution in [2.24, 2.45) is 5.41 Å². The Balaban J connectivity index is 1.36. The van der Waals surface area contributed by atoms with Crippen LogP contribution in [0, 0.1) is 12.3 Å². The van der Waals surface area contributed by atoms with Gasteiger partial charge in [0.1, 0.15) is 31.8 Å². The van der Waals surface area contributed by atoms with Gasteiger partial charge in [-0.3, -0.25) is 0 Å². The Kier molecular flexibility index (Phi) is 16.7. The number of hydrogen-bond acceptors (Lipinski definition) is 10. The molecule has 0 radical (unpaired) electrons. The second-order valence-corrected chi connectivity index (χ2v) is 23.2. The maximum atomic E-state index is 16.9. The number of hydrogen-bond donors (Lipinski definition) is 0. The lowest BCUT2D eigenvalue weighted by Crippen LogP contribution is -2.43. The molecular weight excluding hydrogens is 979 g/mol. The van der Waals surface area contributed by atoms with Crippen LogP contribution in [-0.4, -0.2) is 50.3 Å². The minimum absolute atomic E-state index is 0.469. The summed E-state index contributed by atoms with van der Waals surface area (Å²) in [5, 5.41) is 6.62. The fourth-order valence-corrected chi connectivity index (χ4v) is 14.9. The molecule has 0 aliphatic carbocycles. The summed E-state index contributed by atoms with van der Waals surface area (Å²) in [5.74, 6) is -3.17. The number of allylic oxidation sites excluding steroid dienone is 1. The van der Waals surface area contributed by atoms with E-state index in [1.807, 2.05) is 189 Å². The second-order valence-electron chi connectivity index (χ2n) is 17.8. The zero-order valence-corrected chi connectivity index (χ0v) is 43.3. The molecule has 0 unspecified atom stereocenters. The topological polar surface area (TPSA) is 139 Å². The zero-order chi connectivity index (χ0) is 53.0. The van der Waals surface area contributed by atoms with Gasteiger partial charge >= 0.3 is 23.9 Å². The summed E-state index contributed by atoms with van der Waals surface area (Å²) in [7, 11) is -7.55. The van der Waals surface area contributed by atoms with Gasteiger partial charge in [0.25, 0.3) is 0 Å². The van der Waals surface area contributed by atoms with Crippen LogP contribution in [0.4, 0.5) is 0 Å². The average Bonchev–Trinajstić information content (AvgIpc) is 3.47. The van der Waals surface area contributed by atoms with E-state index in [0.717, 1.165) is 28.5 Å². The Morgan fingerprint density at radius 1 is 0.440 bits per heavy atom. The van der Waals surface area contributed by atoms with Gasteiger partial charge in [0.05, 0.1) is 0 Å². The molecule has 0 saturated carbocycles. The molecule has 0 aliphatic heterocycles. The Bertz CT molecular complexity index is 3480. The van der Waals surface area contributed by atoms with Crippen LogP contribution >= 0.6 is 14.3 Å². The van der Waals surface area contributed by atoms with E-state index in [2.05, 4.69) is 13.2 Å². The van der Waals surface area contributed by atoms with E-state index in [1.165, 1.54) is 18.2 Å². The average molecular weight is 1030 g/mol. The molecule has 0 fully saturated rings. The minimum Gasteiger partial charge on any atom is -0.462 e. The largest absolute Gasteiger partial charge is 0.462 e. The van der Waals surface area contributed by atoms with E-state index < -0.39 is 70.0 Å².